The highest BCUT2D eigenvalue weighted by atomic mass is 32.2. The van der Waals surface area contributed by atoms with Gasteiger partial charge in [0.15, 0.2) is 0 Å². The van der Waals surface area contributed by atoms with Gasteiger partial charge in [0, 0.05) is 29.6 Å². The molecular weight excluding hydrogens is 218 g/mol. The van der Waals surface area contributed by atoms with E-state index in [2.05, 4.69) is 31.0 Å². The lowest BCUT2D eigenvalue weighted by Gasteiger charge is -2.40. The zero-order chi connectivity index (χ0) is 11.6. The summed E-state index contributed by atoms with van der Waals surface area (Å²) in [6.07, 6.45) is 0.938. The molecule has 1 aliphatic heterocycles. The number of benzene rings is 1. The third-order valence-corrected chi connectivity index (χ3v) is 5.57. The molecule has 0 bridgehead atoms. The average Bonchev–Trinajstić information content (AvgIpc) is 2.33. The number of likely N-dealkylation sites (N-methyl/N-ethyl adjacent to an activating group) is 1. The van der Waals surface area contributed by atoms with Crippen LogP contribution in [0.1, 0.15) is 18.9 Å². The Kier molecular flexibility index (Phi) is 3.45. The van der Waals surface area contributed by atoms with Gasteiger partial charge in [-0.1, -0.05) is 37.3 Å². The third kappa shape index (κ3) is 1.94. The summed E-state index contributed by atoms with van der Waals surface area (Å²) in [7, 11) is 1.36. The van der Waals surface area contributed by atoms with Gasteiger partial charge in [0.25, 0.3) is 0 Å². The molecule has 2 nitrogen and oxygen atoms in total. The maximum atomic E-state index is 12.4. The molecule has 1 aromatic rings. The standard InChI is InChI=1S/C13H19NOS/c1-3-13(12-7-5-4-6-8-12)11-14(2)9-10-16(13)15/h4-8H,3,9-11H2,1-2H3/t13?,16-/m1/s1. The minimum Gasteiger partial charge on any atom is -0.304 e. The molecule has 1 fully saturated rings. The Morgan fingerprint density at radius 1 is 1.38 bits per heavy atom. The lowest BCUT2D eigenvalue weighted by Crippen LogP contribution is -2.49. The Bertz CT molecular complexity index is 379. The first-order chi connectivity index (χ1) is 7.69. The normalized spacial score (nSPS) is 31.5. The van der Waals surface area contributed by atoms with Crippen molar-refractivity contribution in [1.29, 1.82) is 0 Å². The van der Waals surface area contributed by atoms with E-state index in [1.807, 2.05) is 18.2 Å². The lowest BCUT2D eigenvalue weighted by atomic mass is 9.94. The highest BCUT2D eigenvalue weighted by Crippen LogP contribution is 2.35. The zero-order valence-electron chi connectivity index (χ0n) is 9.98. The second kappa shape index (κ2) is 4.68. The van der Waals surface area contributed by atoms with Crippen LogP contribution in [0, 0.1) is 0 Å². The molecule has 0 radical (unpaired) electrons. The molecule has 1 saturated heterocycles. The van der Waals surface area contributed by atoms with Crippen molar-refractivity contribution in [2.24, 2.45) is 0 Å². The van der Waals surface area contributed by atoms with E-state index >= 15 is 0 Å². The minimum atomic E-state index is -0.750. The summed E-state index contributed by atoms with van der Waals surface area (Å²) in [5.41, 5.74) is 1.22. The fourth-order valence-electron chi connectivity index (χ4n) is 2.46. The van der Waals surface area contributed by atoms with Crippen LogP contribution in [0.4, 0.5) is 0 Å². The fraction of sp³-hybridized carbons (Fsp3) is 0.538. The molecule has 2 rings (SSSR count). The number of rotatable bonds is 2. The van der Waals surface area contributed by atoms with Crippen molar-refractivity contribution in [3.63, 3.8) is 0 Å². The molecule has 0 aliphatic carbocycles. The first-order valence-corrected chi connectivity index (χ1v) is 7.13. The predicted molar refractivity (Wildman–Crippen MR) is 68.9 cm³/mol. The molecule has 1 heterocycles. The van der Waals surface area contributed by atoms with Gasteiger partial charge < -0.3 is 4.90 Å². The summed E-state index contributed by atoms with van der Waals surface area (Å²) in [5.74, 6) is 0.791. The second-order valence-corrected chi connectivity index (χ2v) is 6.38. The van der Waals surface area contributed by atoms with Crippen LogP contribution >= 0.6 is 0 Å². The Morgan fingerprint density at radius 2 is 2.06 bits per heavy atom. The van der Waals surface area contributed by atoms with Crippen LogP contribution in [0.5, 0.6) is 0 Å². The molecule has 0 aromatic heterocycles. The molecule has 1 unspecified atom stereocenters. The summed E-state index contributed by atoms with van der Waals surface area (Å²) < 4.78 is 12.2. The minimum absolute atomic E-state index is 0.158. The molecule has 2 atom stereocenters. The van der Waals surface area contributed by atoms with Gasteiger partial charge in [0.1, 0.15) is 0 Å². The van der Waals surface area contributed by atoms with E-state index in [9.17, 15) is 4.21 Å². The van der Waals surface area contributed by atoms with E-state index in [1.165, 1.54) is 5.56 Å². The number of hydrogen-bond donors (Lipinski definition) is 0. The molecular formula is C13H19NOS. The Labute approximate surface area is 100 Å². The van der Waals surface area contributed by atoms with Crippen LogP contribution in [0.25, 0.3) is 0 Å². The highest BCUT2D eigenvalue weighted by Gasteiger charge is 2.40. The molecule has 1 aromatic carbocycles. The molecule has 16 heavy (non-hydrogen) atoms. The molecule has 3 heteroatoms. The Hall–Kier alpha value is -0.670. The Balaban J connectivity index is 2.41. The average molecular weight is 237 g/mol. The largest absolute Gasteiger partial charge is 0.304 e. The highest BCUT2D eigenvalue weighted by molar-refractivity contribution is 7.86. The van der Waals surface area contributed by atoms with E-state index in [4.69, 9.17) is 0 Å². The van der Waals surface area contributed by atoms with Gasteiger partial charge in [-0.3, -0.25) is 4.21 Å². The second-order valence-electron chi connectivity index (χ2n) is 4.50. The van der Waals surface area contributed by atoms with Gasteiger partial charge in [-0.2, -0.15) is 0 Å². The van der Waals surface area contributed by atoms with Crippen molar-refractivity contribution in [2.45, 2.75) is 18.1 Å². The van der Waals surface area contributed by atoms with Crippen LogP contribution in [0.2, 0.25) is 0 Å². The molecule has 0 N–H and O–H groups in total. The van der Waals surface area contributed by atoms with Crippen molar-refractivity contribution in [2.75, 3.05) is 25.9 Å². The van der Waals surface area contributed by atoms with Gasteiger partial charge in [-0.05, 0) is 19.0 Å². The Morgan fingerprint density at radius 3 is 2.69 bits per heavy atom. The number of hydrogen-bond acceptors (Lipinski definition) is 2. The number of nitrogens with zero attached hydrogens (tertiary/aromatic N) is 1. The molecule has 0 spiro atoms. The van der Waals surface area contributed by atoms with Crippen molar-refractivity contribution in [3.8, 4) is 0 Å². The van der Waals surface area contributed by atoms with Crippen LogP contribution < -0.4 is 0 Å². The SMILES string of the molecule is CCC1(c2ccccc2)CN(C)CC[S@]1=O. The van der Waals surface area contributed by atoms with Gasteiger partial charge in [-0.25, -0.2) is 0 Å². The van der Waals surface area contributed by atoms with E-state index in [1.54, 1.807) is 0 Å². The quantitative estimate of drug-likeness (QED) is 0.784. The van der Waals surface area contributed by atoms with Crippen LogP contribution in [-0.4, -0.2) is 35.0 Å². The fourth-order valence-corrected chi connectivity index (χ4v) is 4.42. The van der Waals surface area contributed by atoms with Crippen molar-refractivity contribution in [1.82, 2.24) is 4.90 Å². The van der Waals surface area contributed by atoms with Crippen LogP contribution in [0.3, 0.4) is 0 Å². The van der Waals surface area contributed by atoms with E-state index < -0.39 is 10.8 Å². The third-order valence-electron chi connectivity index (χ3n) is 3.49. The van der Waals surface area contributed by atoms with Gasteiger partial charge in [0.2, 0.25) is 0 Å². The molecule has 88 valence electrons. The van der Waals surface area contributed by atoms with Crippen molar-refractivity contribution < 1.29 is 4.21 Å². The maximum Gasteiger partial charge on any atom is 0.0831 e. The first kappa shape index (κ1) is 11.8. The zero-order valence-corrected chi connectivity index (χ0v) is 10.8. The van der Waals surface area contributed by atoms with Gasteiger partial charge in [-0.15, -0.1) is 0 Å². The van der Waals surface area contributed by atoms with E-state index in [0.717, 1.165) is 25.3 Å². The van der Waals surface area contributed by atoms with Gasteiger partial charge >= 0.3 is 0 Å². The molecule has 0 amide bonds. The van der Waals surface area contributed by atoms with E-state index in [0.29, 0.717) is 0 Å². The van der Waals surface area contributed by atoms with Crippen molar-refractivity contribution >= 4 is 10.8 Å². The predicted octanol–water partition coefficient (Wildman–Crippen LogP) is 1.99. The summed E-state index contributed by atoms with van der Waals surface area (Å²) in [5, 5.41) is 0. The summed E-state index contributed by atoms with van der Waals surface area (Å²) in [4.78, 5) is 2.29. The summed E-state index contributed by atoms with van der Waals surface area (Å²) >= 11 is 0. The molecule has 1 aliphatic rings. The summed E-state index contributed by atoms with van der Waals surface area (Å²) in [6.45, 7) is 3.99. The van der Waals surface area contributed by atoms with Gasteiger partial charge in [0.05, 0.1) is 4.75 Å². The maximum absolute atomic E-state index is 12.4. The monoisotopic (exact) mass is 237 g/mol. The molecule has 0 saturated carbocycles. The topological polar surface area (TPSA) is 20.3 Å². The lowest BCUT2D eigenvalue weighted by molar-refractivity contribution is 0.287. The van der Waals surface area contributed by atoms with Crippen molar-refractivity contribution in [3.05, 3.63) is 35.9 Å². The van der Waals surface area contributed by atoms with E-state index in [-0.39, 0.29) is 4.75 Å². The van der Waals surface area contributed by atoms with Crippen LogP contribution in [0.15, 0.2) is 30.3 Å². The van der Waals surface area contributed by atoms with Crippen LogP contribution in [-0.2, 0) is 15.5 Å². The summed E-state index contributed by atoms with van der Waals surface area (Å²) in [6, 6.07) is 10.3. The smallest absolute Gasteiger partial charge is 0.0831 e. The first-order valence-electron chi connectivity index (χ1n) is 5.81.